The predicted octanol–water partition coefficient (Wildman–Crippen LogP) is 4.03. The lowest BCUT2D eigenvalue weighted by atomic mass is 10.1. The van der Waals surface area contributed by atoms with Crippen molar-refractivity contribution in [2.24, 2.45) is 0 Å². The largest absolute Gasteiger partial charge is 0.496 e. The molecule has 0 unspecified atom stereocenters. The highest BCUT2D eigenvalue weighted by molar-refractivity contribution is 5.96. The quantitative estimate of drug-likeness (QED) is 0.686. The molecule has 3 aromatic rings. The number of furan rings is 2. The van der Waals surface area contributed by atoms with Crippen molar-refractivity contribution in [3.05, 3.63) is 77.6 Å². The van der Waals surface area contributed by atoms with Gasteiger partial charge in [0.2, 0.25) is 0 Å². The van der Waals surface area contributed by atoms with Crippen LogP contribution in [0.2, 0.25) is 0 Å². The molecule has 0 radical (unpaired) electrons. The van der Waals surface area contributed by atoms with Gasteiger partial charge in [0.05, 0.1) is 32.0 Å². The van der Waals surface area contributed by atoms with Crippen molar-refractivity contribution < 1.29 is 18.4 Å². The van der Waals surface area contributed by atoms with E-state index in [0.717, 1.165) is 11.5 Å². The maximum Gasteiger partial charge on any atom is 0.258 e. The number of ether oxygens (including phenoxy) is 1. The molecule has 2 aromatic heterocycles. The van der Waals surface area contributed by atoms with Gasteiger partial charge in [0.15, 0.2) is 0 Å². The highest BCUT2D eigenvalue weighted by Crippen LogP contribution is 2.22. The summed E-state index contributed by atoms with van der Waals surface area (Å²) >= 11 is 0. The number of nitrogens with zero attached hydrogens (tertiary/aromatic N) is 1. The van der Waals surface area contributed by atoms with Crippen molar-refractivity contribution in [3.8, 4) is 5.75 Å². The lowest BCUT2D eigenvalue weighted by Crippen LogP contribution is -2.30. The Bertz CT molecular complexity index is 804. The van der Waals surface area contributed by atoms with E-state index in [1.165, 1.54) is 0 Å². The van der Waals surface area contributed by atoms with Crippen molar-refractivity contribution in [1.29, 1.82) is 0 Å². The summed E-state index contributed by atoms with van der Waals surface area (Å²) in [7, 11) is 1.55. The number of amides is 1. The minimum absolute atomic E-state index is 0.141. The van der Waals surface area contributed by atoms with Crippen LogP contribution in [0.25, 0.3) is 0 Å². The second kappa shape index (κ2) is 7.08. The molecule has 3 rings (SSSR count). The van der Waals surface area contributed by atoms with Crippen LogP contribution in [0.15, 0.2) is 63.6 Å². The van der Waals surface area contributed by atoms with Crippen LogP contribution < -0.4 is 4.74 Å². The summed E-state index contributed by atoms with van der Waals surface area (Å²) in [6.07, 6.45) is 1.60. The molecule has 0 fully saturated rings. The SMILES string of the molecule is COc1ccccc1C(=O)N(Cc1ccco1)Cc1ccc(C)o1. The van der Waals surface area contributed by atoms with Gasteiger partial charge in [-0.3, -0.25) is 4.79 Å². The van der Waals surface area contributed by atoms with E-state index < -0.39 is 0 Å². The van der Waals surface area contributed by atoms with E-state index in [4.69, 9.17) is 13.6 Å². The molecule has 0 saturated carbocycles. The summed E-state index contributed by atoms with van der Waals surface area (Å²) < 4.78 is 16.3. The molecule has 0 aliphatic rings. The van der Waals surface area contributed by atoms with E-state index >= 15 is 0 Å². The van der Waals surface area contributed by atoms with Crippen LogP contribution in [-0.2, 0) is 13.1 Å². The van der Waals surface area contributed by atoms with Crippen molar-refractivity contribution in [3.63, 3.8) is 0 Å². The molecule has 5 nitrogen and oxygen atoms in total. The lowest BCUT2D eigenvalue weighted by molar-refractivity contribution is 0.0701. The molecular formula is C19H19NO4. The average molecular weight is 325 g/mol. The van der Waals surface area contributed by atoms with Gasteiger partial charge in [-0.15, -0.1) is 0 Å². The number of rotatable bonds is 6. The molecule has 1 amide bonds. The first-order valence-electron chi connectivity index (χ1n) is 7.67. The number of aryl methyl sites for hydroxylation is 1. The standard InChI is InChI=1S/C19H19NO4/c1-14-9-10-16(24-14)13-20(12-15-6-5-11-23-15)19(21)17-7-3-4-8-18(17)22-2/h3-11H,12-13H2,1-2H3. The van der Waals surface area contributed by atoms with Crippen molar-refractivity contribution in [2.75, 3.05) is 7.11 Å². The Kier molecular flexibility index (Phi) is 4.70. The molecule has 24 heavy (non-hydrogen) atoms. The molecule has 0 N–H and O–H groups in total. The molecule has 2 heterocycles. The van der Waals surface area contributed by atoms with Gasteiger partial charge in [-0.2, -0.15) is 0 Å². The Morgan fingerprint density at radius 2 is 1.83 bits per heavy atom. The molecule has 0 aliphatic carbocycles. The Balaban J connectivity index is 1.89. The smallest absolute Gasteiger partial charge is 0.258 e. The fraction of sp³-hybridized carbons (Fsp3) is 0.211. The second-order valence-corrected chi connectivity index (χ2v) is 5.45. The topological polar surface area (TPSA) is 55.8 Å². The molecule has 0 saturated heterocycles. The number of para-hydroxylation sites is 1. The van der Waals surface area contributed by atoms with Gasteiger partial charge in [0.1, 0.15) is 23.0 Å². The molecule has 0 bridgehead atoms. The van der Waals surface area contributed by atoms with Crippen LogP contribution in [0.4, 0.5) is 0 Å². The van der Waals surface area contributed by atoms with Crippen LogP contribution in [0, 0.1) is 6.92 Å². The van der Waals surface area contributed by atoms with Crippen LogP contribution in [0.1, 0.15) is 27.6 Å². The predicted molar refractivity (Wildman–Crippen MR) is 88.7 cm³/mol. The fourth-order valence-corrected chi connectivity index (χ4v) is 2.54. The maximum atomic E-state index is 13.0. The minimum Gasteiger partial charge on any atom is -0.496 e. The summed E-state index contributed by atoms with van der Waals surface area (Å²) in [6.45, 7) is 2.58. The molecule has 124 valence electrons. The number of carbonyl (C=O) groups is 1. The Morgan fingerprint density at radius 1 is 1.04 bits per heavy atom. The third-order valence-corrected chi connectivity index (χ3v) is 3.69. The van der Waals surface area contributed by atoms with Gasteiger partial charge >= 0.3 is 0 Å². The maximum absolute atomic E-state index is 13.0. The summed E-state index contributed by atoms with van der Waals surface area (Å²) in [5, 5.41) is 0. The number of benzene rings is 1. The van der Waals surface area contributed by atoms with Crippen molar-refractivity contribution >= 4 is 5.91 Å². The van der Waals surface area contributed by atoms with Gasteiger partial charge in [-0.05, 0) is 43.3 Å². The van der Waals surface area contributed by atoms with Crippen molar-refractivity contribution in [1.82, 2.24) is 4.90 Å². The van der Waals surface area contributed by atoms with E-state index in [0.29, 0.717) is 30.2 Å². The van der Waals surface area contributed by atoms with E-state index in [9.17, 15) is 4.79 Å². The Labute approximate surface area is 140 Å². The molecule has 0 aliphatic heterocycles. The van der Waals surface area contributed by atoms with E-state index in [-0.39, 0.29) is 5.91 Å². The van der Waals surface area contributed by atoms with Gasteiger partial charge in [0, 0.05) is 0 Å². The van der Waals surface area contributed by atoms with Gasteiger partial charge in [-0.1, -0.05) is 12.1 Å². The fourth-order valence-electron chi connectivity index (χ4n) is 2.54. The number of hydrogen-bond acceptors (Lipinski definition) is 4. The third kappa shape index (κ3) is 3.51. The monoisotopic (exact) mass is 325 g/mol. The second-order valence-electron chi connectivity index (χ2n) is 5.45. The normalized spacial score (nSPS) is 10.6. The van der Waals surface area contributed by atoms with E-state index in [2.05, 4.69) is 0 Å². The average Bonchev–Trinajstić information content (AvgIpc) is 3.25. The van der Waals surface area contributed by atoms with Crippen LogP contribution in [0.5, 0.6) is 5.75 Å². The highest BCUT2D eigenvalue weighted by atomic mass is 16.5. The number of hydrogen-bond donors (Lipinski definition) is 0. The molecule has 0 spiro atoms. The van der Waals surface area contributed by atoms with E-state index in [1.54, 1.807) is 36.5 Å². The van der Waals surface area contributed by atoms with Crippen LogP contribution in [0.3, 0.4) is 0 Å². The summed E-state index contributed by atoms with van der Waals surface area (Å²) in [4.78, 5) is 14.7. The third-order valence-electron chi connectivity index (χ3n) is 3.69. The first-order valence-corrected chi connectivity index (χ1v) is 7.67. The van der Waals surface area contributed by atoms with Gasteiger partial charge in [-0.25, -0.2) is 0 Å². The zero-order valence-corrected chi connectivity index (χ0v) is 13.7. The summed E-state index contributed by atoms with van der Waals surface area (Å²) in [5.74, 6) is 2.65. The first-order chi connectivity index (χ1) is 11.7. The molecule has 1 aromatic carbocycles. The lowest BCUT2D eigenvalue weighted by Gasteiger charge is -2.21. The summed E-state index contributed by atoms with van der Waals surface area (Å²) in [6, 6.07) is 14.6. The minimum atomic E-state index is -0.141. The molecular weight excluding hydrogens is 306 g/mol. The molecule has 5 heteroatoms. The highest BCUT2D eigenvalue weighted by Gasteiger charge is 2.21. The van der Waals surface area contributed by atoms with Crippen LogP contribution in [-0.4, -0.2) is 17.9 Å². The Hall–Kier alpha value is -2.95. The Morgan fingerprint density at radius 3 is 2.50 bits per heavy atom. The number of methoxy groups -OCH3 is 1. The van der Waals surface area contributed by atoms with Crippen molar-refractivity contribution in [2.45, 2.75) is 20.0 Å². The van der Waals surface area contributed by atoms with Gasteiger partial charge in [0.25, 0.3) is 5.91 Å². The van der Waals surface area contributed by atoms with E-state index in [1.807, 2.05) is 37.3 Å². The molecule has 0 atom stereocenters. The zero-order chi connectivity index (χ0) is 16.9. The first kappa shape index (κ1) is 15.9. The van der Waals surface area contributed by atoms with Gasteiger partial charge < -0.3 is 18.5 Å². The number of carbonyl (C=O) groups excluding carboxylic acids is 1. The zero-order valence-electron chi connectivity index (χ0n) is 13.7. The van der Waals surface area contributed by atoms with Crippen LogP contribution >= 0.6 is 0 Å². The summed E-state index contributed by atoms with van der Waals surface area (Å²) in [5.41, 5.74) is 0.509.